The van der Waals surface area contributed by atoms with E-state index in [9.17, 15) is 4.79 Å². The van der Waals surface area contributed by atoms with E-state index >= 15 is 0 Å². The first-order chi connectivity index (χ1) is 13.1. The first-order valence-corrected chi connectivity index (χ1v) is 8.86. The molecule has 0 spiro atoms. The molecule has 0 fully saturated rings. The van der Waals surface area contributed by atoms with Crippen LogP contribution < -0.4 is 4.90 Å². The molecule has 0 saturated carbocycles. The number of furan rings is 1. The third-order valence-corrected chi connectivity index (χ3v) is 4.51. The molecular formula is C19H21ClN4O3. The van der Waals surface area contributed by atoms with E-state index in [1.807, 2.05) is 26.2 Å². The molecule has 0 aliphatic carbocycles. The standard InChI is InChI=1S/C19H21ClN4O3/c1-23(8-4-10-26-3)17-14-11-13(20)5-6-15(14)27-18(17)16(22-12-25)19-21-7-9-24(19)2/h5-7,9,11-12H,4,8,10H2,1-3H3/b22-16+. The predicted octanol–water partition coefficient (Wildman–Crippen LogP) is 3.29. The zero-order valence-corrected chi connectivity index (χ0v) is 16.2. The molecule has 0 atom stereocenters. The molecule has 1 amide bonds. The number of halogens is 1. The Hall–Kier alpha value is -2.64. The lowest BCUT2D eigenvalue weighted by atomic mass is 10.1. The van der Waals surface area contributed by atoms with Crippen LogP contribution in [0.25, 0.3) is 11.0 Å². The Morgan fingerprint density at radius 3 is 2.96 bits per heavy atom. The maximum Gasteiger partial charge on any atom is 0.233 e. The van der Waals surface area contributed by atoms with E-state index in [0.29, 0.717) is 40.9 Å². The Morgan fingerprint density at radius 1 is 1.48 bits per heavy atom. The normalized spacial score (nSPS) is 11.9. The lowest BCUT2D eigenvalue weighted by molar-refractivity contribution is -0.106. The Morgan fingerprint density at radius 2 is 2.30 bits per heavy atom. The van der Waals surface area contributed by atoms with Gasteiger partial charge in [0.15, 0.2) is 17.3 Å². The van der Waals surface area contributed by atoms with Crippen molar-refractivity contribution < 1.29 is 13.9 Å². The SMILES string of the molecule is COCCCN(C)c1c(/C(=N\C=O)c2nccn2C)oc2ccc(Cl)cc12. The number of nitrogens with zero attached hydrogens (tertiary/aromatic N) is 4. The lowest BCUT2D eigenvalue weighted by Gasteiger charge is -2.19. The van der Waals surface area contributed by atoms with E-state index in [1.165, 1.54) is 0 Å². The molecule has 3 aromatic rings. The Bertz CT molecular complexity index is 977. The summed E-state index contributed by atoms with van der Waals surface area (Å²) in [4.78, 5) is 21.6. The number of aliphatic imine (C=N–C) groups is 1. The number of fused-ring (bicyclic) bond motifs is 1. The summed E-state index contributed by atoms with van der Waals surface area (Å²) in [7, 11) is 5.47. The van der Waals surface area contributed by atoms with Gasteiger partial charge in [0, 0.05) is 57.2 Å². The molecule has 0 aliphatic rings. The zero-order chi connectivity index (χ0) is 19.4. The molecule has 2 heterocycles. The number of ether oxygens (including phenoxy) is 1. The molecule has 142 valence electrons. The van der Waals surface area contributed by atoms with Crippen molar-refractivity contribution in [3.63, 3.8) is 0 Å². The molecule has 7 nitrogen and oxygen atoms in total. The fraction of sp³-hybridized carbons (Fsp3) is 0.316. The van der Waals surface area contributed by atoms with Gasteiger partial charge in [-0.1, -0.05) is 11.6 Å². The summed E-state index contributed by atoms with van der Waals surface area (Å²) in [6.07, 6.45) is 4.77. The minimum absolute atomic E-state index is 0.374. The maximum atomic E-state index is 11.2. The van der Waals surface area contributed by atoms with Crippen LogP contribution in [0.3, 0.4) is 0 Å². The summed E-state index contributed by atoms with van der Waals surface area (Å²) in [5.74, 6) is 1.02. The van der Waals surface area contributed by atoms with E-state index in [4.69, 9.17) is 20.8 Å². The van der Waals surface area contributed by atoms with Crippen LogP contribution in [-0.2, 0) is 16.6 Å². The van der Waals surface area contributed by atoms with Crippen molar-refractivity contribution in [3.8, 4) is 0 Å². The minimum Gasteiger partial charge on any atom is -0.452 e. The number of hydrogen-bond donors (Lipinski definition) is 0. The smallest absolute Gasteiger partial charge is 0.233 e. The maximum absolute atomic E-state index is 11.2. The summed E-state index contributed by atoms with van der Waals surface area (Å²) < 4.78 is 13.0. The summed E-state index contributed by atoms with van der Waals surface area (Å²) in [5, 5.41) is 1.46. The topological polar surface area (TPSA) is 72.9 Å². The van der Waals surface area contributed by atoms with Crippen LogP contribution in [0.1, 0.15) is 18.0 Å². The first kappa shape index (κ1) is 19.1. The summed E-state index contributed by atoms with van der Waals surface area (Å²) in [5.41, 5.74) is 1.85. The van der Waals surface area contributed by atoms with Gasteiger partial charge in [0.1, 0.15) is 5.58 Å². The number of carbonyl (C=O) groups excluding carboxylic acids is 1. The highest BCUT2D eigenvalue weighted by Crippen LogP contribution is 2.36. The molecule has 0 unspecified atom stereocenters. The van der Waals surface area contributed by atoms with Crippen LogP contribution in [0, 0.1) is 0 Å². The lowest BCUT2D eigenvalue weighted by Crippen LogP contribution is -2.22. The van der Waals surface area contributed by atoms with Gasteiger partial charge in [-0.2, -0.15) is 0 Å². The number of aromatic nitrogens is 2. The predicted molar refractivity (Wildman–Crippen MR) is 106 cm³/mol. The third-order valence-electron chi connectivity index (χ3n) is 4.28. The molecule has 8 heteroatoms. The Balaban J connectivity index is 2.18. The van der Waals surface area contributed by atoms with Gasteiger partial charge in [-0.3, -0.25) is 4.79 Å². The largest absolute Gasteiger partial charge is 0.452 e. The van der Waals surface area contributed by atoms with E-state index in [2.05, 4.69) is 14.9 Å². The van der Waals surface area contributed by atoms with Gasteiger partial charge in [0.2, 0.25) is 6.41 Å². The number of methoxy groups -OCH3 is 1. The van der Waals surface area contributed by atoms with Gasteiger partial charge in [0.25, 0.3) is 0 Å². The van der Waals surface area contributed by atoms with Gasteiger partial charge >= 0.3 is 0 Å². The van der Waals surface area contributed by atoms with Gasteiger partial charge in [-0.25, -0.2) is 9.98 Å². The van der Waals surface area contributed by atoms with Crippen LogP contribution >= 0.6 is 11.6 Å². The third kappa shape index (κ3) is 3.89. The number of benzene rings is 1. The van der Waals surface area contributed by atoms with Crippen LogP contribution in [0.4, 0.5) is 5.69 Å². The molecule has 0 N–H and O–H groups in total. The van der Waals surface area contributed by atoms with E-state index in [0.717, 1.165) is 24.0 Å². The number of imidazole rings is 1. The number of hydrogen-bond acceptors (Lipinski definition) is 5. The number of aryl methyl sites for hydroxylation is 1. The van der Waals surface area contributed by atoms with Gasteiger partial charge in [-0.05, 0) is 24.6 Å². The van der Waals surface area contributed by atoms with E-state index in [1.54, 1.807) is 30.1 Å². The van der Waals surface area contributed by atoms with Crippen LogP contribution in [0.2, 0.25) is 5.02 Å². The molecule has 0 bridgehead atoms. The first-order valence-electron chi connectivity index (χ1n) is 8.48. The van der Waals surface area contributed by atoms with Gasteiger partial charge < -0.3 is 18.6 Å². The second kappa shape index (κ2) is 8.37. The Labute approximate surface area is 162 Å². The van der Waals surface area contributed by atoms with Crippen molar-refractivity contribution in [2.75, 3.05) is 32.2 Å². The van der Waals surface area contributed by atoms with Crippen molar-refractivity contribution in [3.05, 3.63) is 47.2 Å². The molecule has 1 aromatic carbocycles. The average molecular weight is 389 g/mol. The zero-order valence-electron chi connectivity index (χ0n) is 15.5. The number of carbonyl (C=O) groups is 1. The highest BCUT2D eigenvalue weighted by molar-refractivity contribution is 6.31. The molecule has 27 heavy (non-hydrogen) atoms. The summed E-state index contributed by atoms with van der Waals surface area (Å²) in [6.45, 7) is 1.38. The molecule has 0 saturated heterocycles. The van der Waals surface area contributed by atoms with Crippen molar-refractivity contribution in [2.45, 2.75) is 6.42 Å². The summed E-state index contributed by atoms with van der Waals surface area (Å²) >= 11 is 6.21. The second-order valence-electron chi connectivity index (χ2n) is 6.13. The van der Waals surface area contributed by atoms with Gasteiger partial charge in [0.05, 0.1) is 5.69 Å². The monoisotopic (exact) mass is 388 g/mol. The molecule has 3 rings (SSSR count). The quantitative estimate of drug-likeness (QED) is 0.336. The van der Waals surface area contributed by atoms with Crippen LogP contribution in [0.15, 0.2) is 40.0 Å². The summed E-state index contributed by atoms with van der Waals surface area (Å²) in [6, 6.07) is 5.43. The molecule has 2 aromatic heterocycles. The van der Waals surface area contributed by atoms with E-state index < -0.39 is 0 Å². The Kier molecular flexibility index (Phi) is 5.93. The molecular weight excluding hydrogens is 368 g/mol. The number of rotatable bonds is 8. The number of anilines is 1. The molecule has 0 aliphatic heterocycles. The van der Waals surface area contributed by atoms with Crippen LogP contribution in [0.5, 0.6) is 0 Å². The second-order valence-corrected chi connectivity index (χ2v) is 6.57. The van der Waals surface area contributed by atoms with Crippen LogP contribution in [-0.4, -0.2) is 49.0 Å². The molecule has 0 radical (unpaired) electrons. The average Bonchev–Trinajstić information content (AvgIpc) is 3.23. The number of amides is 1. The van der Waals surface area contributed by atoms with Crippen molar-refractivity contribution in [2.24, 2.45) is 12.0 Å². The fourth-order valence-corrected chi connectivity index (χ4v) is 3.19. The van der Waals surface area contributed by atoms with Crippen molar-refractivity contribution in [1.82, 2.24) is 9.55 Å². The highest BCUT2D eigenvalue weighted by atomic mass is 35.5. The highest BCUT2D eigenvalue weighted by Gasteiger charge is 2.25. The fourth-order valence-electron chi connectivity index (χ4n) is 3.02. The minimum atomic E-state index is 0.374. The van der Waals surface area contributed by atoms with Crippen molar-refractivity contribution in [1.29, 1.82) is 0 Å². The van der Waals surface area contributed by atoms with Crippen molar-refractivity contribution >= 4 is 40.4 Å². The van der Waals surface area contributed by atoms with E-state index in [-0.39, 0.29) is 0 Å². The van der Waals surface area contributed by atoms with Gasteiger partial charge in [-0.15, -0.1) is 0 Å².